The number of nitrogens with two attached hydrogens (primary N) is 1. The molecule has 5 heteroatoms. The maximum atomic E-state index is 11.9. The molecule has 0 aliphatic heterocycles. The molecule has 0 aliphatic rings. The molecule has 1 amide bonds. The summed E-state index contributed by atoms with van der Waals surface area (Å²) in [7, 11) is 0. The molecule has 0 radical (unpaired) electrons. The van der Waals surface area contributed by atoms with Gasteiger partial charge in [0, 0.05) is 18.3 Å². The lowest BCUT2D eigenvalue weighted by molar-refractivity contribution is -0.124. The number of hydrogen-bond donors (Lipinski definition) is 3. The van der Waals surface area contributed by atoms with Gasteiger partial charge in [-0.3, -0.25) is 9.89 Å². The van der Waals surface area contributed by atoms with Crippen molar-refractivity contribution in [3.8, 4) is 0 Å². The van der Waals surface area contributed by atoms with Crippen molar-refractivity contribution in [1.29, 1.82) is 0 Å². The predicted molar refractivity (Wildman–Crippen MR) is 59.4 cm³/mol. The van der Waals surface area contributed by atoms with E-state index in [2.05, 4.69) is 15.5 Å². The van der Waals surface area contributed by atoms with Crippen LogP contribution in [-0.4, -0.2) is 22.6 Å². The number of nitrogens with one attached hydrogen (secondary N) is 2. The zero-order chi connectivity index (χ0) is 11.5. The van der Waals surface area contributed by atoms with Gasteiger partial charge in [0.15, 0.2) is 5.82 Å². The van der Waals surface area contributed by atoms with Gasteiger partial charge in [-0.15, -0.1) is 0 Å². The highest BCUT2D eigenvalue weighted by atomic mass is 16.2. The van der Waals surface area contributed by atoms with Crippen LogP contribution in [0.25, 0.3) is 0 Å². The first-order valence-corrected chi connectivity index (χ1v) is 5.05. The topological polar surface area (TPSA) is 83.8 Å². The van der Waals surface area contributed by atoms with Gasteiger partial charge in [-0.1, -0.05) is 6.92 Å². The summed E-state index contributed by atoms with van der Waals surface area (Å²) in [6.07, 6.45) is 0.707. The fraction of sp³-hybridized carbons (Fsp3) is 0.600. The average molecular weight is 210 g/mol. The lowest BCUT2D eigenvalue weighted by Gasteiger charge is -2.24. The van der Waals surface area contributed by atoms with Crippen LogP contribution in [0, 0.1) is 12.3 Å². The van der Waals surface area contributed by atoms with Crippen LogP contribution in [0.3, 0.4) is 0 Å². The Morgan fingerprint density at radius 2 is 2.40 bits per heavy atom. The molecule has 1 aromatic rings. The van der Waals surface area contributed by atoms with E-state index in [1.165, 1.54) is 0 Å². The second kappa shape index (κ2) is 4.44. The van der Waals surface area contributed by atoms with Gasteiger partial charge in [0.05, 0.1) is 5.41 Å². The van der Waals surface area contributed by atoms with Crippen LogP contribution in [0.4, 0.5) is 5.82 Å². The third-order valence-electron chi connectivity index (χ3n) is 2.73. The minimum absolute atomic E-state index is 0.0843. The quantitative estimate of drug-likeness (QED) is 0.694. The van der Waals surface area contributed by atoms with Crippen molar-refractivity contribution in [2.45, 2.75) is 27.2 Å². The van der Waals surface area contributed by atoms with Gasteiger partial charge in [0.1, 0.15) is 0 Å². The summed E-state index contributed by atoms with van der Waals surface area (Å²) in [6, 6.07) is 1.78. The molecule has 0 bridgehead atoms. The highest BCUT2D eigenvalue weighted by molar-refractivity contribution is 5.94. The molecule has 15 heavy (non-hydrogen) atoms. The van der Waals surface area contributed by atoms with E-state index >= 15 is 0 Å². The summed E-state index contributed by atoms with van der Waals surface area (Å²) in [5, 5.41) is 9.45. The Bertz CT molecular complexity index is 341. The van der Waals surface area contributed by atoms with Crippen molar-refractivity contribution in [1.82, 2.24) is 10.2 Å². The van der Waals surface area contributed by atoms with Crippen LogP contribution in [0.5, 0.6) is 0 Å². The minimum Gasteiger partial charge on any atom is -0.329 e. The number of hydrogen-bond acceptors (Lipinski definition) is 3. The summed E-state index contributed by atoms with van der Waals surface area (Å²) in [6.45, 7) is 6.01. The highest BCUT2D eigenvalue weighted by Gasteiger charge is 2.29. The normalized spacial score (nSPS) is 14.7. The maximum absolute atomic E-state index is 11.9. The number of nitrogens with zero attached hydrogens (tertiary/aromatic N) is 1. The second-order valence-corrected chi connectivity index (χ2v) is 4.01. The zero-order valence-corrected chi connectivity index (χ0v) is 9.42. The van der Waals surface area contributed by atoms with Gasteiger partial charge in [0.25, 0.3) is 0 Å². The number of amides is 1. The largest absolute Gasteiger partial charge is 0.329 e. The molecule has 0 saturated heterocycles. The lowest BCUT2D eigenvalue weighted by atomic mass is 9.87. The molecule has 0 aliphatic carbocycles. The highest BCUT2D eigenvalue weighted by Crippen LogP contribution is 2.21. The average Bonchev–Trinajstić information content (AvgIpc) is 2.62. The predicted octanol–water partition coefficient (Wildman–Crippen LogP) is 1.03. The summed E-state index contributed by atoms with van der Waals surface area (Å²) >= 11 is 0. The van der Waals surface area contributed by atoms with Gasteiger partial charge in [-0.25, -0.2) is 0 Å². The number of anilines is 1. The minimum atomic E-state index is -0.521. The van der Waals surface area contributed by atoms with Gasteiger partial charge in [-0.2, -0.15) is 5.10 Å². The van der Waals surface area contributed by atoms with Crippen molar-refractivity contribution in [2.75, 3.05) is 11.9 Å². The molecule has 1 atom stereocenters. The SMILES string of the molecule is CCC(C)(CN)C(=O)Nc1cc(C)[nH]n1. The zero-order valence-electron chi connectivity index (χ0n) is 9.42. The van der Waals surface area contributed by atoms with E-state index in [-0.39, 0.29) is 5.91 Å². The van der Waals surface area contributed by atoms with E-state index in [1.807, 2.05) is 20.8 Å². The van der Waals surface area contributed by atoms with Gasteiger partial charge in [0.2, 0.25) is 5.91 Å². The molecule has 1 heterocycles. The standard InChI is InChI=1S/C10H18N4O/c1-4-10(3,6-11)9(15)12-8-5-7(2)13-14-8/h5H,4,6,11H2,1-3H3,(H2,12,13,14,15). The Kier molecular flexibility index (Phi) is 3.47. The van der Waals surface area contributed by atoms with Crippen molar-refractivity contribution >= 4 is 11.7 Å². The fourth-order valence-electron chi connectivity index (χ4n) is 1.15. The first-order valence-electron chi connectivity index (χ1n) is 5.05. The third kappa shape index (κ3) is 2.56. The van der Waals surface area contributed by atoms with Crippen LogP contribution in [0.15, 0.2) is 6.07 Å². The molecule has 84 valence electrons. The number of aromatic amines is 1. The van der Waals surface area contributed by atoms with Crippen LogP contribution in [0.2, 0.25) is 0 Å². The monoisotopic (exact) mass is 210 g/mol. The summed E-state index contributed by atoms with van der Waals surface area (Å²) in [4.78, 5) is 11.9. The first-order chi connectivity index (χ1) is 7.01. The molecule has 0 saturated carbocycles. The Balaban J connectivity index is 2.70. The van der Waals surface area contributed by atoms with E-state index in [1.54, 1.807) is 6.07 Å². The number of rotatable bonds is 4. The van der Waals surface area contributed by atoms with E-state index in [0.717, 1.165) is 5.69 Å². The molecule has 5 nitrogen and oxygen atoms in total. The van der Waals surface area contributed by atoms with Crippen molar-refractivity contribution in [2.24, 2.45) is 11.1 Å². The number of carbonyl (C=O) groups is 1. The molecular formula is C10H18N4O. The van der Waals surface area contributed by atoms with Crippen molar-refractivity contribution in [3.63, 3.8) is 0 Å². The molecule has 0 aromatic carbocycles. The van der Waals surface area contributed by atoms with Crippen LogP contribution < -0.4 is 11.1 Å². The van der Waals surface area contributed by atoms with Crippen LogP contribution >= 0.6 is 0 Å². The Hall–Kier alpha value is -1.36. The molecule has 4 N–H and O–H groups in total. The Morgan fingerprint density at radius 1 is 1.73 bits per heavy atom. The fourth-order valence-corrected chi connectivity index (χ4v) is 1.15. The van der Waals surface area contributed by atoms with E-state index in [0.29, 0.717) is 18.8 Å². The summed E-state index contributed by atoms with van der Waals surface area (Å²) < 4.78 is 0. The molecule has 1 rings (SSSR count). The van der Waals surface area contributed by atoms with Crippen molar-refractivity contribution < 1.29 is 4.79 Å². The van der Waals surface area contributed by atoms with E-state index < -0.39 is 5.41 Å². The number of aryl methyl sites for hydroxylation is 1. The molecular weight excluding hydrogens is 192 g/mol. The first kappa shape index (κ1) is 11.7. The Labute approximate surface area is 89.4 Å². The molecule has 0 spiro atoms. The van der Waals surface area contributed by atoms with Gasteiger partial charge in [-0.05, 0) is 20.3 Å². The summed E-state index contributed by atoms with van der Waals surface area (Å²) in [5.74, 6) is 0.463. The van der Waals surface area contributed by atoms with Crippen molar-refractivity contribution in [3.05, 3.63) is 11.8 Å². The van der Waals surface area contributed by atoms with E-state index in [4.69, 9.17) is 5.73 Å². The number of aromatic nitrogens is 2. The van der Waals surface area contributed by atoms with E-state index in [9.17, 15) is 4.79 Å². The van der Waals surface area contributed by atoms with Gasteiger partial charge < -0.3 is 11.1 Å². The third-order valence-corrected chi connectivity index (χ3v) is 2.73. The molecule has 1 unspecified atom stereocenters. The maximum Gasteiger partial charge on any atom is 0.232 e. The summed E-state index contributed by atoms with van der Waals surface area (Å²) in [5.41, 5.74) is 5.98. The molecule has 1 aromatic heterocycles. The van der Waals surface area contributed by atoms with Crippen LogP contribution in [-0.2, 0) is 4.79 Å². The van der Waals surface area contributed by atoms with Gasteiger partial charge >= 0.3 is 0 Å². The lowest BCUT2D eigenvalue weighted by Crippen LogP contribution is -2.39. The number of H-pyrrole nitrogens is 1. The Morgan fingerprint density at radius 3 is 2.80 bits per heavy atom. The smallest absolute Gasteiger partial charge is 0.232 e. The molecule has 0 fully saturated rings. The number of carbonyl (C=O) groups excluding carboxylic acids is 1. The second-order valence-electron chi connectivity index (χ2n) is 4.01. The van der Waals surface area contributed by atoms with Crippen LogP contribution in [0.1, 0.15) is 26.0 Å².